The van der Waals surface area contributed by atoms with Crippen molar-refractivity contribution in [3.05, 3.63) is 0 Å². The second kappa shape index (κ2) is 3.55. The minimum absolute atomic E-state index is 0.110. The van der Waals surface area contributed by atoms with Gasteiger partial charge in [-0.05, 0) is 43.1 Å². The Balaban J connectivity index is 1.85. The highest BCUT2D eigenvalue weighted by atomic mass is 16.6. The first-order valence-electron chi connectivity index (χ1n) is 7.87. The Kier molecular flexibility index (Phi) is 2.27. The predicted octanol–water partition coefficient (Wildman–Crippen LogP) is 2.16. The van der Waals surface area contributed by atoms with Gasteiger partial charge in [-0.15, -0.1) is 0 Å². The zero-order valence-electron chi connectivity index (χ0n) is 12.4. The maximum atomic E-state index is 12.4. The summed E-state index contributed by atoms with van der Waals surface area (Å²) in [4.78, 5) is 14.9. The Labute approximate surface area is 115 Å². The third-order valence-electron chi connectivity index (χ3n) is 6.96. The molecule has 7 atom stereocenters. The monoisotopic (exact) mass is 263 g/mol. The van der Waals surface area contributed by atoms with E-state index >= 15 is 0 Å². The number of nitrogens with zero attached hydrogens (tertiary/aromatic N) is 1. The molecule has 4 unspecified atom stereocenters. The average molecular weight is 263 g/mol. The first-order valence-corrected chi connectivity index (χ1v) is 7.87. The Hall–Kier alpha value is -0.570. The fourth-order valence-corrected chi connectivity index (χ4v) is 6.32. The molecule has 4 rings (SSSR count). The van der Waals surface area contributed by atoms with Crippen molar-refractivity contribution in [3.8, 4) is 0 Å². The van der Waals surface area contributed by atoms with Crippen LogP contribution in [0.4, 0.5) is 0 Å². The van der Waals surface area contributed by atoms with Gasteiger partial charge in [0.25, 0.3) is 0 Å². The van der Waals surface area contributed by atoms with Crippen LogP contribution in [-0.2, 0) is 9.53 Å². The molecular weight excluding hydrogens is 238 g/mol. The van der Waals surface area contributed by atoms with Gasteiger partial charge in [0.2, 0.25) is 0 Å². The van der Waals surface area contributed by atoms with Crippen molar-refractivity contribution in [1.29, 1.82) is 0 Å². The highest BCUT2D eigenvalue weighted by molar-refractivity contribution is 5.77. The van der Waals surface area contributed by atoms with Crippen molar-refractivity contribution in [2.24, 2.45) is 35.0 Å². The molecule has 0 aromatic rings. The number of carbonyl (C=O) groups excluding carboxylic acids is 1. The number of rotatable bonds is 1. The van der Waals surface area contributed by atoms with Gasteiger partial charge in [-0.1, -0.05) is 20.8 Å². The van der Waals surface area contributed by atoms with Gasteiger partial charge in [0, 0.05) is 12.5 Å². The molecule has 3 nitrogen and oxygen atoms in total. The van der Waals surface area contributed by atoms with E-state index in [9.17, 15) is 4.79 Å². The zero-order valence-corrected chi connectivity index (χ0v) is 12.4. The SMILES string of the molecule is CC(C)C1C2C(=O)O[C@@H]1[C@@H]1N(C)CC3CC[C@@H]2C31C. The van der Waals surface area contributed by atoms with Gasteiger partial charge >= 0.3 is 5.97 Å². The highest BCUT2D eigenvalue weighted by Crippen LogP contribution is 2.66. The van der Waals surface area contributed by atoms with Crippen molar-refractivity contribution in [1.82, 2.24) is 4.90 Å². The fourth-order valence-electron chi connectivity index (χ4n) is 6.32. The van der Waals surface area contributed by atoms with Crippen molar-refractivity contribution in [3.63, 3.8) is 0 Å². The Morgan fingerprint density at radius 2 is 2.11 bits per heavy atom. The second-order valence-corrected chi connectivity index (χ2v) is 7.88. The number of likely N-dealkylation sites (tertiary alicyclic amines) is 1. The highest BCUT2D eigenvalue weighted by Gasteiger charge is 2.71. The molecule has 2 saturated carbocycles. The molecule has 19 heavy (non-hydrogen) atoms. The molecule has 106 valence electrons. The molecule has 0 amide bonds. The third kappa shape index (κ3) is 1.22. The van der Waals surface area contributed by atoms with Crippen molar-refractivity contribution in [2.45, 2.75) is 45.8 Å². The van der Waals surface area contributed by atoms with E-state index in [4.69, 9.17) is 4.74 Å². The topological polar surface area (TPSA) is 29.5 Å². The lowest BCUT2D eigenvalue weighted by atomic mass is 9.55. The van der Waals surface area contributed by atoms with Gasteiger partial charge in [0.15, 0.2) is 0 Å². The van der Waals surface area contributed by atoms with E-state index in [1.54, 1.807) is 0 Å². The summed E-state index contributed by atoms with van der Waals surface area (Å²) in [5.41, 5.74) is 0.321. The van der Waals surface area contributed by atoms with Crippen LogP contribution in [0.5, 0.6) is 0 Å². The number of hydrogen-bond donors (Lipinski definition) is 0. The minimum Gasteiger partial charge on any atom is -0.460 e. The zero-order chi connectivity index (χ0) is 13.5. The van der Waals surface area contributed by atoms with E-state index in [1.807, 2.05) is 0 Å². The molecule has 4 aliphatic rings. The molecule has 2 heterocycles. The number of carbonyl (C=O) groups is 1. The Morgan fingerprint density at radius 1 is 1.37 bits per heavy atom. The van der Waals surface area contributed by atoms with Crippen LogP contribution in [0.25, 0.3) is 0 Å². The number of fused-ring (bicyclic) bond motifs is 4. The summed E-state index contributed by atoms with van der Waals surface area (Å²) in [6.07, 6.45) is 2.69. The summed E-state index contributed by atoms with van der Waals surface area (Å²) in [5, 5.41) is 0. The maximum absolute atomic E-state index is 12.4. The van der Waals surface area contributed by atoms with Crippen LogP contribution in [0.2, 0.25) is 0 Å². The molecule has 0 radical (unpaired) electrons. The van der Waals surface area contributed by atoms with Crippen LogP contribution >= 0.6 is 0 Å². The van der Waals surface area contributed by atoms with Crippen molar-refractivity contribution in [2.75, 3.05) is 13.6 Å². The molecule has 2 aliphatic carbocycles. The van der Waals surface area contributed by atoms with Crippen LogP contribution in [0.15, 0.2) is 0 Å². The lowest BCUT2D eigenvalue weighted by Crippen LogP contribution is -2.57. The largest absolute Gasteiger partial charge is 0.460 e. The smallest absolute Gasteiger partial charge is 0.310 e. The van der Waals surface area contributed by atoms with Crippen LogP contribution < -0.4 is 0 Å². The van der Waals surface area contributed by atoms with Crippen LogP contribution in [-0.4, -0.2) is 36.6 Å². The number of hydrogen-bond acceptors (Lipinski definition) is 3. The van der Waals surface area contributed by atoms with E-state index in [0.29, 0.717) is 29.2 Å². The normalized spacial score (nSPS) is 55.7. The molecule has 2 saturated heterocycles. The summed E-state index contributed by atoms with van der Waals surface area (Å²) in [6.45, 7) is 8.17. The van der Waals surface area contributed by atoms with Crippen molar-refractivity contribution < 1.29 is 9.53 Å². The number of ether oxygens (including phenoxy) is 1. The third-order valence-corrected chi connectivity index (χ3v) is 6.96. The molecule has 0 spiro atoms. The van der Waals surface area contributed by atoms with Gasteiger partial charge in [-0.2, -0.15) is 0 Å². The van der Waals surface area contributed by atoms with Gasteiger partial charge < -0.3 is 4.74 Å². The molecule has 3 heteroatoms. The van der Waals surface area contributed by atoms with Crippen molar-refractivity contribution >= 4 is 5.97 Å². The summed E-state index contributed by atoms with van der Waals surface area (Å²) >= 11 is 0. The van der Waals surface area contributed by atoms with E-state index in [-0.39, 0.29) is 18.0 Å². The molecule has 2 bridgehead atoms. The second-order valence-electron chi connectivity index (χ2n) is 7.88. The quantitative estimate of drug-likeness (QED) is 0.679. The summed E-state index contributed by atoms with van der Waals surface area (Å²) in [5.74, 6) is 2.61. The van der Waals surface area contributed by atoms with Gasteiger partial charge in [0.1, 0.15) is 6.10 Å². The van der Waals surface area contributed by atoms with Crippen LogP contribution in [0.1, 0.15) is 33.6 Å². The van der Waals surface area contributed by atoms with Gasteiger partial charge in [0.05, 0.1) is 12.0 Å². The maximum Gasteiger partial charge on any atom is 0.310 e. The van der Waals surface area contributed by atoms with Gasteiger partial charge in [-0.3, -0.25) is 9.69 Å². The number of esters is 1. The van der Waals surface area contributed by atoms with E-state index in [2.05, 4.69) is 32.7 Å². The predicted molar refractivity (Wildman–Crippen MR) is 72.4 cm³/mol. The Bertz CT molecular complexity index is 434. The van der Waals surface area contributed by atoms with E-state index in [0.717, 1.165) is 5.92 Å². The molecule has 2 aliphatic heterocycles. The molecule has 0 N–H and O–H groups in total. The lowest BCUT2D eigenvalue weighted by Gasteiger charge is -2.49. The minimum atomic E-state index is 0.110. The first kappa shape index (κ1) is 12.2. The summed E-state index contributed by atoms with van der Waals surface area (Å²) < 4.78 is 5.88. The summed E-state index contributed by atoms with van der Waals surface area (Å²) in [6, 6.07) is 0.458. The fraction of sp³-hybridized carbons (Fsp3) is 0.938. The molecule has 4 fully saturated rings. The van der Waals surface area contributed by atoms with Crippen LogP contribution in [0, 0.1) is 35.0 Å². The number of likely N-dealkylation sites (N-methyl/N-ethyl adjacent to an activating group) is 1. The molecule has 0 aromatic carbocycles. The lowest BCUT2D eigenvalue weighted by molar-refractivity contribution is -0.145. The first-order chi connectivity index (χ1) is 8.96. The standard InChI is InChI=1S/C16H25NO2/c1-8(2)11-12-10-6-5-9-7-17(4)14(16(9,10)3)13(11)19-15(12)18/h8-14H,5-7H2,1-4H3/t9?,10-,11?,12?,13-,14-,16?/m0/s1. The van der Waals surface area contributed by atoms with Crippen LogP contribution in [0.3, 0.4) is 0 Å². The summed E-state index contributed by atoms with van der Waals surface area (Å²) in [7, 11) is 2.23. The average Bonchev–Trinajstić information content (AvgIpc) is 2.86. The molecule has 0 aromatic heterocycles. The van der Waals surface area contributed by atoms with E-state index in [1.165, 1.54) is 19.4 Å². The van der Waals surface area contributed by atoms with Gasteiger partial charge in [-0.25, -0.2) is 0 Å². The Morgan fingerprint density at radius 3 is 2.79 bits per heavy atom. The van der Waals surface area contributed by atoms with E-state index < -0.39 is 0 Å². The molecular formula is C16H25NO2.